The lowest BCUT2D eigenvalue weighted by Crippen LogP contribution is -2.53. The smallest absolute Gasteiger partial charge is 0.317 e. The largest absolute Gasteiger partial charge is 0.481 e. The average molecular weight is 320 g/mol. The highest BCUT2D eigenvalue weighted by molar-refractivity contribution is 7.92. The summed E-state index contributed by atoms with van der Waals surface area (Å²) >= 11 is 0. The Balaban J connectivity index is 2.66. The van der Waals surface area contributed by atoms with Crippen molar-refractivity contribution in [1.82, 2.24) is 10.2 Å². The number of hydrogen-bond acceptors (Lipinski definition) is 4. The molecule has 1 rings (SSSR count). The summed E-state index contributed by atoms with van der Waals surface area (Å²) in [5.74, 6) is -0.934. The van der Waals surface area contributed by atoms with Crippen LogP contribution in [0.5, 0.6) is 0 Å². The number of carboxylic acids is 1. The summed E-state index contributed by atoms with van der Waals surface area (Å²) in [5, 5.41) is 11.5. The van der Waals surface area contributed by atoms with E-state index in [-0.39, 0.29) is 19.0 Å². The first kappa shape index (κ1) is 17.7. The highest BCUT2D eigenvalue weighted by Crippen LogP contribution is 2.20. The molecule has 0 aliphatic carbocycles. The van der Waals surface area contributed by atoms with E-state index in [4.69, 9.17) is 5.11 Å². The van der Waals surface area contributed by atoms with Crippen molar-refractivity contribution in [3.8, 4) is 0 Å². The third-order valence-corrected chi connectivity index (χ3v) is 6.12. The summed E-state index contributed by atoms with van der Waals surface area (Å²) in [4.78, 5) is 24.5. The number of piperidine rings is 1. The van der Waals surface area contributed by atoms with E-state index >= 15 is 0 Å². The van der Waals surface area contributed by atoms with Crippen LogP contribution < -0.4 is 5.32 Å². The number of carboxylic acid groups (broad SMARTS) is 1. The van der Waals surface area contributed by atoms with Crippen LogP contribution >= 0.6 is 0 Å². The molecule has 122 valence electrons. The lowest BCUT2D eigenvalue weighted by Gasteiger charge is -2.35. The Bertz CT molecular complexity index is 501. The Morgan fingerprint density at radius 2 is 1.95 bits per heavy atom. The van der Waals surface area contributed by atoms with Crippen LogP contribution in [0.15, 0.2) is 0 Å². The van der Waals surface area contributed by atoms with Gasteiger partial charge in [0, 0.05) is 25.4 Å². The zero-order chi connectivity index (χ0) is 16.3. The second-order valence-electron chi connectivity index (χ2n) is 6.13. The van der Waals surface area contributed by atoms with Gasteiger partial charge in [-0.25, -0.2) is 13.2 Å². The molecule has 1 atom stereocenters. The second-order valence-corrected chi connectivity index (χ2v) is 8.78. The summed E-state index contributed by atoms with van der Waals surface area (Å²) in [6.07, 6.45) is 3.45. The molecule has 1 heterocycles. The van der Waals surface area contributed by atoms with E-state index in [2.05, 4.69) is 5.32 Å². The predicted octanol–water partition coefficient (Wildman–Crippen LogP) is 0.848. The number of carbonyl (C=O) groups excluding carboxylic acids is 1. The van der Waals surface area contributed by atoms with Crippen molar-refractivity contribution >= 4 is 21.8 Å². The van der Waals surface area contributed by atoms with E-state index in [1.165, 1.54) is 4.90 Å². The van der Waals surface area contributed by atoms with Gasteiger partial charge in [0.2, 0.25) is 0 Å². The summed E-state index contributed by atoms with van der Waals surface area (Å²) < 4.78 is 22.2. The minimum absolute atomic E-state index is 0.000950. The number of amides is 2. The molecule has 8 heteroatoms. The zero-order valence-corrected chi connectivity index (χ0v) is 13.6. The van der Waals surface area contributed by atoms with Gasteiger partial charge in [-0.3, -0.25) is 4.79 Å². The van der Waals surface area contributed by atoms with Crippen molar-refractivity contribution in [2.75, 3.05) is 19.3 Å². The van der Waals surface area contributed by atoms with E-state index < -0.39 is 26.6 Å². The molecule has 1 aliphatic rings. The fraction of sp³-hybridized carbons (Fsp3) is 0.846. The highest BCUT2D eigenvalue weighted by atomic mass is 32.2. The Morgan fingerprint density at radius 3 is 2.48 bits per heavy atom. The lowest BCUT2D eigenvalue weighted by atomic mass is 10.00. The number of nitrogens with zero attached hydrogens (tertiary/aromatic N) is 1. The predicted molar refractivity (Wildman–Crippen MR) is 78.9 cm³/mol. The van der Waals surface area contributed by atoms with Crippen LogP contribution in [0.1, 0.15) is 39.5 Å². The third kappa shape index (κ3) is 4.87. The van der Waals surface area contributed by atoms with E-state index in [9.17, 15) is 18.0 Å². The fourth-order valence-electron chi connectivity index (χ4n) is 2.20. The molecule has 0 aromatic carbocycles. The van der Waals surface area contributed by atoms with Gasteiger partial charge in [-0.15, -0.1) is 0 Å². The molecule has 7 nitrogen and oxygen atoms in total. The Labute approximate surface area is 125 Å². The van der Waals surface area contributed by atoms with Gasteiger partial charge < -0.3 is 15.3 Å². The Morgan fingerprint density at radius 1 is 1.33 bits per heavy atom. The maximum absolute atomic E-state index is 12.2. The molecule has 0 spiro atoms. The summed E-state index contributed by atoms with van der Waals surface area (Å²) in [7, 11) is -3.29. The molecule has 0 saturated carbocycles. The van der Waals surface area contributed by atoms with Gasteiger partial charge in [0.05, 0.1) is 11.2 Å². The summed E-state index contributed by atoms with van der Waals surface area (Å²) in [5.41, 5.74) is 0. The number of hydrogen-bond donors (Lipinski definition) is 2. The molecule has 1 saturated heterocycles. The van der Waals surface area contributed by atoms with E-state index in [1.54, 1.807) is 13.8 Å². The van der Waals surface area contributed by atoms with Crippen molar-refractivity contribution in [2.45, 2.75) is 50.3 Å². The highest BCUT2D eigenvalue weighted by Gasteiger charge is 2.33. The first-order valence-corrected chi connectivity index (χ1v) is 8.89. The lowest BCUT2D eigenvalue weighted by molar-refractivity contribution is -0.138. The van der Waals surface area contributed by atoms with Crippen LogP contribution in [0, 0.1) is 0 Å². The van der Waals surface area contributed by atoms with E-state index in [1.807, 2.05) is 0 Å². The van der Waals surface area contributed by atoms with E-state index in [0.717, 1.165) is 19.1 Å². The Hall–Kier alpha value is -1.31. The number of nitrogens with one attached hydrogen (secondary N) is 1. The van der Waals surface area contributed by atoms with Crippen LogP contribution in [-0.4, -0.2) is 60.6 Å². The van der Waals surface area contributed by atoms with Gasteiger partial charge in [-0.05, 0) is 33.1 Å². The summed E-state index contributed by atoms with van der Waals surface area (Å²) in [6, 6.07) is -0.713. The number of sulfone groups is 1. The molecule has 1 unspecified atom stereocenters. The van der Waals surface area contributed by atoms with Gasteiger partial charge in [0.15, 0.2) is 9.84 Å². The van der Waals surface area contributed by atoms with Crippen molar-refractivity contribution in [3.63, 3.8) is 0 Å². The van der Waals surface area contributed by atoms with Crippen LogP contribution in [0.2, 0.25) is 0 Å². The van der Waals surface area contributed by atoms with Crippen LogP contribution in [0.25, 0.3) is 0 Å². The number of likely N-dealkylation sites (tertiary alicyclic amines) is 1. The molecule has 2 N–H and O–H groups in total. The molecule has 0 radical (unpaired) electrons. The maximum atomic E-state index is 12.2. The van der Waals surface area contributed by atoms with Gasteiger partial charge in [0.25, 0.3) is 0 Å². The second kappa shape index (κ2) is 6.64. The molecule has 0 aromatic heterocycles. The quantitative estimate of drug-likeness (QED) is 0.781. The molecule has 21 heavy (non-hydrogen) atoms. The normalized spacial score (nSPS) is 20.1. The van der Waals surface area contributed by atoms with Gasteiger partial charge in [-0.1, -0.05) is 0 Å². The Kier molecular flexibility index (Phi) is 5.61. The van der Waals surface area contributed by atoms with Crippen molar-refractivity contribution in [1.29, 1.82) is 0 Å². The van der Waals surface area contributed by atoms with Crippen molar-refractivity contribution in [3.05, 3.63) is 0 Å². The van der Waals surface area contributed by atoms with Crippen LogP contribution in [-0.2, 0) is 14.6 Å². The van der Waals surface area contributed by atoms with Gasteiger partial charge in [0.1, 0.15) is 0 Å². The molecular formula is C13H24N2O5S. The van der Waals surface area contributed by atoms with Crippen LogP contribution in [0.3, 0.4) is 0 Å². The molecule has 0 aromatic rings. The first-order valence-electron chi connectivity index (χ1n) is 7.00. The van der Waals surface area contributed by atoms with Gasteiger partial charge in [-0.2, -0.15) is 0 Å². The topological polar surface area (TPSA) is 104 Å². The first-order chi connectivity index (χ1) is 9.54. The molecular weight excluding hydrogens is 296 g/mol. The number of urea groups is 1. The minimum Gasteiger partial charge on any atom is -0.481 e. The standard InChI is InChI=1S/C13H24N2O5S/c1-13(2,21(3,19)20)9-14-12(18)15-7-5-4-6-10(15)8-11(16)17/h10H,4-9H2,1-3H3,(H,14,18)(H,16,17). The number of carbonyl (C=O) groups is 2. The molecule has 0 bridgehead atoms. The monoisotopic (exact) mass is 320 g/mol. The molecule has 1 fully saturated rings. The van der Waals surface area contributed by atoms with Crippen LogP contribution in [0.4, 0.5) is 4.79 Å². The van der Waals surface area contributed by atoms with Crippen molar-refractivity contribution in [2.24, 2.45) is 0 Å². The number of aliphatic carboxylic acids is 1. The third-order valence-electron chi connectivity index (χ3n) is 3.97. The fourth-order valence-corrected chi connectivity index (χ4v) is 2.54. The van der Waals surface area contributed by atoms with Crippen molar-refractivity contribution < 1.29 is 23.1 Å². The molecule has 1 aliphatic heterocycles. The van der Waals surface area contributed by atoms with E-state index in [0.29, 0.717) is 13.0 Å². The SMILES string of the molecule is CC(C)(CNC(=O)N1CCCCC1CC(=O)O)S(C)(=O)=O. The minimum atomic E-state index is -3.29. The molecule has 2 amide bonds. The average Bonchev–Trinajstić information content (AvgIpc) is 2.34. The zero-order valence-electron chi connectivity index (χ0n) is 12.8. The van der Waals surface area contributed by atoms with Gasteiger partial charge >= 0.3 is 12.0 Å². The summed E-state index contributed by atoms with van der Waals surface area (Å²) in [6.45, 7) is 3.60. The number of rotatable bonds is 5. The maximum Gasteiger partial charge on any atom is 0.317 e.